The molecule has 0 atom stereocenters. The number of aromatic hydroxyl groups is 1. The van der Waals surface area contributed by atoms with Gasteiger partial charge in [-0.15, -0.1) is 0 Å². The second-order valence-electron chi connectivity index (χ2n) is 2.21. The predicted molar refractivity (Wildman–Crippen MR) is 45.3 cm³/mol. The maximum atomic E-state index is 9.23. The van der Waals surface area contributed by atoms with E-state index in [1.165, 1.54) is 6.07 Å². The van der Waals surface area contributed by atoms with E-state index < -0.39 is 0 Å². The molecule has 0 unspecified atom stereocenters. The van der Waals surface area contributed by atoms with Gasteiger partial charge in [-0.25, -0.2) is 0 Å². The van der Waals surface area contributed by atoms with E-state index in [0.717, 1.165) is 10.0 Å². The molecule has 0 aliphatic carbocycles. The summed E-state index contributed by atoms with van der Waals surface area (Å²) in [4.78, 5) is 0. The normalized spacial score (nSPS) is 9.18. The molecular formula is C8H6BrNO. The molecule has 3 heteroatoms. The van der Waals surface area contributed by atoms with Gasteiger partial charge in [-0.2, -0.15) is 5.26 Å². The smallest absolute Gasteiger partial charge is 0.120 e. The van der Waals surface area contributed by atoms with Crippen LogP contribution in [0.15, 0.2) is 16.6 Å². The van der Waals surface area contributed by atoms with Crippen LogP contribution in [0.2, 0.25) is 0 Å². The van der Waals surface area contributed by atoms with E-state index in [4.69, 9.17) is 5.26 Å². The van der Waals surface area contributed by atoms with E-state index >= 15 is 0 Å². The van der Waals surface area contributed by atoms with Gasteiger partial charge in [0.1, 0.15) is 5.75 Å². The number of rotatable bonds is 0. The molecule has 0 saturated heterocycles. The highest BCUT2D eigenvalue weighted by Crippen LogP contribution is 2.26. The zero-order valence-corrected chi connectivity index (χ0v) is 7.51. The highest BCUT2D eigenvalue weighted by molar-refractivity contribution is 9.10. The maximum Gasteiger partial charge on any atom is 0.120 e. The van der Waals surface area contributed by atoms with Crippen LogP contribution in [0.1, 0.15) is 11.1 Å². The summed E-state index contributed by atoms with van der Waals surface area (Å²) in [6, 6.07) is 5.07. The van der Waals surface area contributed by atoms with Crippen molar-refractivity contribution in [3.05, 3.63) is 27.7 Å². The largest absolute Gasteiger partial charge is 0.508 e. The van der Waals surface area contributed by atoms with E-state index in [9.17, 15) is 5.11 Å². The first-order valence-electron chi connectivity index (χ1n) is 3.04. The molecule has 2 nitrogen and oxygen atoms in total. The van der Waals surface area contributed by atoms with Gasteiger partial charge in [-0.3, -0.25) is 0 Å². The van der Waals surface area contributed by atoms with Crippen molar-refractivity contribution in [1.29, 1.82) is 5.26 Å². The summed E-state index contributed by atoms with van der Waals surface area (Å²) in [7, 11) is 0. The van der Waals surface area contributed by atoms with E-state index in [2.05, 4.69) is 15.9 Å². The number of benzene rings is 1. The van der Waals surface area contributed by atoms with Gasteiger partial charge in [0.25, 0.3) is 0 Å². The molecule has 0 fully saturated rings. The highest BCUT2D eigenvalue weighted by Gasteiger charge is 2.02. The number of nitriles is 1. The van der Waals surface area contributed by atoms with Crippen LogP contribution >= 0.6 is 15.9 Å². The van der Waals surface area contributed by atoms with Crippen LogP contribution in [0.3, 0.4) is 0 Å². The number of phenols is 1. The maximum absolute atomic E-state index is 9.23. The molecule has 11 heavy (non-hydrogen) atoms. The Morgan fingerprint density at radius 3 is 2.64 bits per heavy atom. The number of hydrogen-bond donors (Lipinski definition) is 1. The number of nitrogens with zero attached hydrogens (tertiary/aromatic N) is 1. The summed E-state index contributed by atoms with van der Waals surface area (Å²) in [6.45, 7) is 1.78. The monoisotopic (exact) mass is 211 g/mol. The first-order chi connectivity index (χ1) is 5.15. The van der Waals surface area contributed by atoms with Crippen molar-refractivity contribution in [3.63, 3.8) is 0 Å². The first kappa shape index (κ1) is 8.09. The lowest BCUT2D eigenvalue weighted by Crippen LogP contribution is -1.80. The Labute approximate surface area is 73.2 Å². The van der Waals surface area contributed by atoms with E-state index in [1.54, 1.807) is 13.0 Å². The molecule has 0 bridgehead atoms. The Morgan fingerprint density at radius 1 is 1.55 bits per heavy atom. The fourth-order valence-electron chi connectivity index (χ4n) is 0.729. The van der Waals surface area contributed by atoms with E-state index in [1.807, 2.05) is 6.07 Å². The lowest BCUT2D eigenvalue weighted by molar-refractivity contribution is 0.470. The molecular weight excluding hydrogens is 206 g/mol. The molecule has 0 amide bonds. The van der Waals surface area contributed by atoms with Crippen LogP contribution in [-0.4, -0.2) is 5.11 Å². The molecule has 0 heterocycles. The average Bonchev–Trinajstić information content (AvgIpc) is 1.99. The lowest BCUT2D eigenvalue weighted by Gasteiger charge is -2.00. The van der Waals surface area contributed by atoms with Crippen molar-refractivity contribution in [2.24, 2.45) is 0 Å². The van der Waals surface area contributed by atoms with Crippen LogP contribution < -0.4 is 0 Å². The highest BCUT2D eigenvalue weighted by atomic mass is 79.9. The third kappa shape index (κ3) is 1.52. The fraction of sp³-hybridized carbons (Fsp3) is 0.125. The van der Waals surface area contributed by atoms with Crippen LogP contribution in [0.5, 0.6) is 5.75 Å². The Hall–Kier alpha value is -1.01. The van der Waals surface area contributed by atoms with Gasteiger partial charge in [0.05, 0.1) is 11.6 Å². The van der Waals surface area contributed by atoms with Crippen molar-refractivity contribution in [2.45, 2.75) is 6.92 Å². The van der Waals surface area contributed by atoms with Crippen LogP contribution in [0, 0.1) is 18.3 Å². The van der Waals surface area contributed by atoms with E-state index in [0.29, 0.717) is 5.56 Å². The minimum absolute atomic E-state index is 0.149. The SMILES string of the molecule is Cc1c(O)cc(C#N)cc1Br. The standard InChI is InChI=1S/C8H6BrNO/c1-5-7(9)2-6(4-10)3-8(5)11/h2-3,11H,1H3. The Morgan fingerprint density at radius 2 is 2.18 bits per heavy atom. The van der Waals surface area contributed by atoms with E-state index in [-0.39, 0.29) is 5.75 Å². The molecule has 1 aromatic rings. The quantitative estimate of drug-likeness (QED) is 0.717. The third-order valence-electron chi connectivity index (χ3n) is 1.45. The molecule has 0 aromatic heterocycles. The van der Waals surface area contributed by atoms with Crippen molar-refractivity contribution in [2.75, 3.05) is 0 Å². The predicted octanol–water partition coefficient (Wildman–Crippen LogP) is 2.33. The van der Waals surface area contributed by atoms with Gasteiger partial charge in [-0.05, 0) is 19.1 Å². The second kappa shape index (κ2) is 2.93. The summed E-state index contributed by atoms with van der Waals surface area (Å²) in [5.74, 6) is 0.149. The second-order valence-corrected chi connectivity index (χ2v) is 3.07. The van der Waals surface area contributed by atoms with Crippen LogP contribution in [-0.2, 0) is 0 Å². The van der Waals surface area contributed by atoms with Crippen molar-refractivity contribution in [1.82, 2.24) is 0 Å². The molecule has 0 radical (unpaired) electrons. The van der Waals surface area contributed by atoms with Gasteiger partial charge in [0, 0.05) is 10.0 Å². The average molecular weight is 212 g/mol. The Bertz CT molecular complexity index is 304. The molecule has 56 valence electrons. The molecule has 1 aromatic carbocycles. The van der Waals surface area contributed by atoms with Gasteiger partial charge >= 0.3 is 0 Å². The van der Waals surface area contributed by atoms with Crippen LogP contribution in [0.25, 0.3) is 0 Å². The van der Waals surface area contributed by atoms with Gasteiger partial charge < -0.3 is 5.11 Å². The molecule has 0 saturated carbocycles. The molecule has 1 rings (SSSR count). The number of phenolic OH excluding ortho intramolecular Hbond substituents is 1. The lowest BCUT2D eigenvalue weighted by atomic mass is 10.1. The molecule has 0 spiro atoms. The fourth-order valence-corrected chi connectivity index (χ4v) is 1.18. The topological polar surface area (TPSA) is 44.0 Å². The summed E-state index contributed by atoms with van der Waals surface area (Å²) >= 11 is 3.23. The minimum Gasteiger partial charge on any atom is -0.508 e. The molecule has 0 aliphatic heterocycles. The summed E-state index contributed by atoms with van der Waals surface area (Å²) in [5.41, 5.74) is 1.21. The zero-order chi connectivity index (χ0) is 8.43. The molecule has 0 aliphatic rings. The van der Waals surface area contributed by atoms with Gasteiger partial charge in [0.15, 0.2) is 0 Å². The van der Waals surface area contributed by atoms with Gasteiger partial charge in [-0.1, -0.05) is 15.9 Å². The summed E-state index contributed by atoms with van der Waals surface area (Å²) < 4.78 is 0.758. The van der Waals surface area contributed by atoms with Crippen molar-refractivity contribution < 1.29 is 5.11 Å². The van der Waals surface area contributed by atoms with Gasteiger partial charge in [0.2, 0.25) is 0 Å². The van der Waals surface area contributed by atoms with Crippen molar-refractivity contribution in [3.8, 4) is 11.8 Å². The minimum atomic E-state index is 0.149. The first-order valence-corrected chi connectivity index (χ1v) is 3.83. The summed E-state index contributed by atoms with van der Waals surface area (Å²) in [6.07, 6.45) is 0. The Kier molecular flexibility index (Phi) is 2.16. The number of hydrogen-bond acceptors (Lipinski definition) is 2. The third-order valence-corrected chi connectivity index (χ3v) is 2.27. The number of halogens is 1. The van der Waals surface area contributed by atoms with Crippen LogP contribution in [0.4, 0.5) is 0 Å². The zero-order valence-electron chi connectivity index (χ0n) is 5.93. The molecule has 1 N–H and O–H groups in total. The summed E-state index contributed by atoms with van der Waals surface area (Å²) in [5, 5.41) is 17.7. The Balaban J connectivity index is 3.35. The van der Waals surface area contributed by atoms with Crippen molar-refractivity contribution >= 4 is 15.9 Å².